The first-order valence-corrected chi connectivity index (χ1v) is 12.1. The Morgan fingerprint density at radius 3 is 2.24 bits per heavy atom. The van der Waals surface area contributed by atoms with E-state index in [2.05, 4.69) is 0 Å². The van der Waals surface area contributed by atoms with Gasteiger partial charge in [0.25, 0.3) is 0 Å². The first-order chi connectivity index (χ1) is 16.0. The van der Waals surface area contributed by atoms with Gasteiger partial charge >= 0.3 is 6.09 Å². The lowest BCUT2D eigenvalue weighted by Gasteiger charge is -2.35. The Bertz CT molecular complexity index is 989. The quantitative estimate of drug-likeness (QED) is 0.413. The molecule has 0 aliphatic carbocycles. The Hall–Kier alpha value is -2.96. The maximum Gasteiger partial charge on any atom is 0.410 e. The normalized spacial score (nSPS) is 16.4. The van der Waals surface area contributed by atoms with Gasteiger partial charge in [-0.15, -0.1) is 11.3 Å². The summed E-state index contributed by atoms with van der Waals surface area (Å²) in [6, 6.07) is 23.9. The van der Waals surface area contributed by atoms with Crippen molar-refractivity contribution in [2.45, 2.75) is 45.3 Å². The highest BCUT2D eigenvalue weighted by Gasteiger charge is 2.30. The fourth-order valence-electron chi connectivity index (χ4n) is 3.69. The highest BCUT2D eigenvalue weighted by molar-refractivity contribution is 7.17. The van der Waals surface area contributed by atoms with E-state index in [1.54, 1.807) is 11.8 Å². The van der Waals surface area contributed by atoms with E-state index >= 15 is 0 Å². The number of ether oxygens (including phenoxy) is 1. The fourth-order valence-corrected chi connectivity index (χ4v) is 4.60. The van der Waals surface area contributed by atoms with Crippen molar-refractivity contribution in [2.24, 2.45) is 0 Å². The Morgan fingerprint density at radius 1 is 1.09 bits per heavy atom. The molecule has 5 nitrogen and oxygen atoms in total. The molecule has 0 bridgehead atoms. The number of Topliss-reactive ketones (excluding diaryl/α,β-unsaturated/α-hetero) is 1. The third kappa shape index (κ3) is 7.01. The highest BCUT2D eigenvalue weighted by Crippen LogP contribution is 2.31. The number of hydrogen-bond acceptors (Lipinski definition) is 5. The van der Waals surface area contributed by atoms with Crippen LogP contribution >= 0.6 is 11.3 Å². The molecule has 2 aromatic carbocycles. The number of carbonyl (C=O) groups excluding carboxylic acids is 2. The molecule has 1 amide bonds. The third-order valence-corrected chi connectivity index (χ3v) is 6.88. The summed E-state index contributed by atoms with van der Waals surface area (Å²) in [5.41, 5.74) is 2.11. The molecule has 0 radical (unpaired) electrons. The number of thiophene rings is 1. The summed E-state index contributed by atoms with van der Waals surface area (Å²) >= 11 is 1.49. The molecule has 1 aromatic heterocycles. The summed E-state index contributed by atoms with van der Waals surface area (Å²) in [4.78, 5) is 27.4. The molecule has 6 heteroatoms. The van der Waals surface area contributed by atoms with Gasteiger partial charge in [0.2, 0.25) is 0 Å². The van der Waals surface area contributed by atoms with Crippen LogP contribution < -0.4 is 0 Å². The average molecular weight is 466 g/mol. The van der Waals surface area contributed by atoms with E-state index in [1.165, 1.54) is 11.3 Å². The lowest BCUT2D eigenvalue weighted by Crippen LogP contribution is -2.43. The van der Waals surface area contributed by atoms with Crippen LogP contribution in [-0.4, -0.2) is 41.1 Å². The van der Waals surface area contributed by atoms with Crippen molar-refractivity contribution in [1.29, 1.82) is 0 Å². The number of benzene rings is 2. The topological polar surface area (TPSA) is 66.8 Å². The lowest BCUT2D eigenvalue weighted by molar-refractivity contribution is 0.00760. The molecule has 1 N–H and O–H groups in total. The Labute approximate surface area is 199 Å². The van der Waals surface area contributed by atoms with Gasteiger partial charge in [0.1, 0.15) is 6.10 Å². The van der Waals surface area contributed by atoms with Gasteiger partial charge in [-0.25, -0.2) is 4.79 Å². The molecule has 1 fully saturated rings. The minimum absolute atomic E-state index is 0.0681. The zero-order valence-electron chi connectivity index (χ0n) is 19.1. The second kappa shape index (κ2) is 12.3. The van der Waals surface area contributed by atoms with Crippen LogP contribution in [0.4, 0.5) is 4.79 Å². The molecule has 1 aliphatic heterocycles. The largest absolute Gasteiger partial charge is 0.446 e. The van der Waals surface area contributed by atoms with Crippen LogP contribution in [0, 0.1) is 0 Å². The number of ketones is 1. The Morgan fingerprint density at radius 2 is 1.73 bits per heavy atom. The summed E-state index contributed by atoms with van der Waals surface area (Å²) in [5, 5.41) is 8.92. The second-order valence-electron chi connectivity index (χ2n) is 8.03. The fraction of sp³-hybridized carbons (Fsp3) is 0.333. The van der Waals surface area contributed by atoms with Gasteiger partial charge in [-0.1, -0.05) is 60.7 Å². The molecule has 4 rings (SSSR count). The Kier molecular flexibility index (Phi) is 9.22. The van der Waals surface area contributed by atoms with Crippen molar-refractivity contribution < 1.29 is 19.4 Å². The summed E-state index contributed by atoms with van der Waals surface area (Å²) in [6.07, 6.45) is 1.78. The van der Waals surface area contributed by atoms with Crippen molar-refractivity contribution >= 4 is 23.2 Å². The maximum absolute atomic E-state index is 12.3. The summed E-state index contributed by atoms with van der Waals surface area (Å²) < 4.78 is 5.51. The molecule has 1 aliphatic rings. The van der Waals surface area contributed by atoms with Gasteiger partial charge in [-0.3, -0.25) is 4.79 Å². The second-order valence-corrected chi connectivity index (χ2v) is 9.11. The lowest BCUT2D eigenvalue weighted by atomic mass is 10.0. The molecule has 3 aromatic rings. The van der Waals surface area contributed by atoms with Crippen molar-refractivity contribution in [3.05, 3.63) is 83.2 Å². The predicted molar refractivity (Wildman–Crippen MR) is 133 cm³/mol. The van der Waals surface area contributed by atoms with Gasteiger partial charge in [0, 0.05) is 24.4 Å². The van der Waals surface area contributed by atoms with Gasteiger partial charge in [0.05, 0.1) is 10.9 Å². The number of aliphatic hydroxyl groups excluding tert-OH is 1. The van der Waals surface area contributed by atoms with Gasteiger partial charge < -0.3 is 14.7 Å². The zero-order chi connectivity index (χ0) is 23.6. The SMILES string of the molecule is CC(=O)c1ccc(-c2ccc(C(C)N3CCC(CCCO)OC3=O)cc2)s1.c1ccccc1. The van der Waals surface area contributed by atoms with E-state index in [0.717, 1.165) is 27.3 Å². The van der Waals surface area contributed by atoms with Crippen LogP contribution in [0.2, 0.25) is 0 Å². The van der Waals surface area contributed by atoms with Crippen LogP contribution in [-0.2, 0) is 4.74 Å². The number of cyclic esters (lactones) is 1. The molecule has 33 heavy (non-hydrogen) atoms. The minimum Gasteiger partial charge on any atom is -0.446 e. The summed E-state index contributed by atoms with van der Waals surface area (Å²) in [6.45, 7) is 4.36. The molecular formula is C27H31NO4S. The monoisotopic (exact) mass is 465 g/mol. The van der Waals surface area contributed by atoms with Crippen molar-refractivity contribution in [2.75, 3.05) is 13.2 Å². The number of amides is 1. The number of nitrogens with zero attached hydrogens (tertiary/aromatic N) is 1. The Balaban J connectivity index is 0.000000442. The maximum atomic E-state index is 12.3. The first-order valence-electron chi connectivity index (χ1n) is 11.3. The molecule has 0 spiro atoms. The van der Waals surface area contributed by atoms with E-state index < -0.39 is 0 Å². The molecule has 2 unspecified atom stereocenters. The number of aliphatic hydroxyl groups is 1. The average Bonchev–Trinajstić information content (AvgIpc) is 3.35. The van der Waals surface area contributed by atoms with Crippen molar-refractivity contribution in [3.63, 3.8) is 0 Å². The number of rotatable bonds is 7. The van der Waals surface area contributed by atoms with E-state index in [-0.39, 0.29) is 30.6 Å². The third-order valence-electron chi connectivity index (χ3n) is 5.64. The van der Waals surface area contributed by atoms with Crippen LogP contribution in [0.3, 0.4) is 0 Å². The van der Waals surface area contributed by atoms with Crippen LogP contribution in [0.1, 0.15) is 54.4 Å². The van der Waals surface area contributed by atoms with Crippen LogP contribution in [0.15, 0.2) is 72.8 Å². The predicted octanol–water partition coefficient (Wildman–Crippen LogP) is 6.35. The van der Waals surface area contributed by atoms with Gasteiger partial charge in [-0.2, -0.15) is 0 Å². The van der Waals surface area contributed by atoms with E-state index in [1.807, 2.05) is 79.7 Å². The van der Waals surface area contributed by atoms with Crippen LogP contribution in [0.25, 0.3) is 10.4 Å². The molecule has 2 atom stereocenters. The van der Waals surface area contributed by atoms with Crippen molar-refractivity contribution in [1.82, 2.24) is 4.90 Å². The van der Waals surface area contributed by atoms with E-state index in [9.17, 15) is 9.59 Å². The van der Waals surface area contributed by atoms with Crippen LogP contribution in [0.5, 0.6) is 0 Å². The van der Waals surface area contributed by atoms with Gasteiger partial charge in [0.15, 0.2) is 5.78 Å². The molecule has 2 heterocycles. The van der Waals surface area contributed by atoms with Crippen molar-refractivity contribution in [3.8, 4) is 10.4 Å². The van der Waals surface area contributed by atoms with E-state index in [4.69, 9.17) is 9.84 Å². The molecule has 174 valence electrons. The molecule has 1 saturated heterocycles. The minimum atomic E-state index is -0.287. The first kappa shape index (κ1) is 24.7. The highest BCUT2D eigenvalue weighted by atomic mass is 32.1. The zero-order valence-corrected chi connectivity index (χ0v) is 20.0. The number of hydrogen-bond donors (Lipinski definition) is 1. The summed E-state index contributed by atoms with van der Waals surface area (Å²) in [7, 11) is 0. The summed E-state index contributed by atoms with van der Waals surface area (Å²) in [5.74, 6) is 0.0809. The smallest absolute Gasteiger partial charge is 0.410 e. The van der Waals surface area contributed by atoms with Gasteiger partial charge in [-0.05, 0) is 49.9 Å². The number of carbonyl (C=O) groups is 2. The molecular weight excluding hydrogens is 434 g/mol. The van der Waals surface area contributed by atoms with E-state index in [0.29, 0.717) is 19.4 Å². The standard InChI is InChI=1S/C21H25NO4S.C6H6/c1-14(22-12-11-18(4-3-13-23)26-21(22)25)16-5-7-17(8-6-16)20-10-9-19(27-20)15(2)24;1-2-4-6-5-3-1/h5-10,14,18,23H,3-4,11-13H2,1-2H3;1-6H. The molecule has 0 saturated carbocycles.